The number of aryl methyl sites for hydroxylation is 1. The number of halogens is 2. The Morgan fingerprint density at radius 1 is 1.33 bits per heavy atom. The van der Waals surface area contributed by atoms with Crippen molar-refractivity contribution >= 4 is 21.6 Å². The van der Waals surface area contributed by atoms with Gasteiger partial charge in [-0.1, -0.05) is 28.9 Å². The highest BCUT2D eigenvalue weighted by Gasteiger charge is 2.10. The molecule has 1 N–H and O–H groups in total. The van der Waals surface area contributed by atoms with Crippen molar-refractivity contribution in [2.24, 2.45) is 0 Å². The number of rotatable bonds is 5. The number of hydrogen-bond donors (Lipinski definition) is 1. The Hall–Kier alpha value is -1.62. The summed E-state index contributed by atoms with van der Waals surface area (Å²) in [4.78, 5) is 11.7. The smallest absolute Gasteiger partial charge is 0.250 e. The van der Waals surface area contributed by atoms with Crippen molar-refractivity contribution < 1.29 is 4.39 Å². The number of pyridine rings is 1. The molecule has 21 heavy (non-hydrogen) atoms. The number of benzene rings is 1. The van der Waals surface area contributed by atoms with Crippen molar-refractivity contribution in [1.29, 1.82) is 0 Å². The van der Waals surface area contributed by atoms with E-state index in [1.54, 1.807) is 22.8 Å². The first kappa shape index (κ1) is 15.8. The summed E-state index contributed by atoms with van der Waals surface area (Å²) in [5.74, 6) is -0.269. The molecule has 1 aromatic carbocycles. The van der Waals surface area contributed by atoms with E-state index in [4.69, 9.17) is 0 Å². The Balaban J connectivity index is 2.21. The summed E-state index contributed by atoms with van der Waals surface area (Å²) in [5.41, 5.74) is 1.83. The van der Waals surface area contributed by atoms with Gasteiger partial charge in [0.25, 0.3) is 5.56 Å². The number of nitrogens with zero attached hydrogens (tertiary/aromatic N) is 1. The molecule has 0 aliphatic carbocycles. The average molecular weight is 353 g/mol. The molecule has 0 bridgehead atoms. The zero-order valence-electron chi connectivity index (χ0n) is 12.1. The Labute approximate surface area is 131 Å². The number of nitrogens with one attached hydrogen (secondary N) is 1. The van der Waals surface area contributed by atoms with Crippen LogP contribution in [0.4, 0.5) is 10.1 Å². The topological polar surface area (TPSA) is 34.0 Å². The third-order valence-electron chi connectivity index (χ3n) is 3.26. The van der Waals surface area contributed by atoms with Crippen molar-refractivity contribution in [2.75, 3.05) is 5.32 Å². The van der Waals surface area contributed by atoms with Gasteiger partial charge in [0.2, 0.25) is 0 Å². The molecule has 0 saturated carbocycles. The lowest BCUT2D eigenvalue weighted by molar-refractivity contribution is 0.625. The van der Waals surface area contributed by atoms with Crippen LogP contribution >= 0.6 is 15.9 Å². The van der Waals surface area contributed by atoms with Crippen LogP contribution in [0.5, 0.6) is 0 Å². The van der Waals surface area contributed by atoms with Crippen LogP contribution in [-0.4, -0.2) is 4.57 Å². The van der Waals surface area contributed by atoms with Gasteiger partial charge in [0.15, 0.2) is 0 Å². The lowest BCUT2D eigenvalue weighted by Crippen LogP contribution is -2.19. The summed E-state index contributed by atoms with van der Waals surface area (Å²) in [7, 11) is 0. The van der Waals surface area contributed by atoms with Crippen LogP contribution in [0.1, 0.15) is 31.9 Å². The summed E-state index contributed by atoms with van der Waals surface area (Å²) in [6.07, 6.45) is 2.72. The monoisotopic (exact) mass is 352 g/mol. The maximum Gasteiger partial charge on any atom is 0.250 e. The first-order valence-corrected chi connectivity index (χ1v) is 7.72. The number of anilines is 1. The highest BCUT2D eigenvalue weighted by molar-refractivity contribution is 9.10. The van der Waals surface area contributed by atoms with E-state index in [9.17, 15) is 9.18 Å². The summed E-state index contributed by atoms with van der Waals surface area (Å²) in [6, 6.07) is 7.96. The molecule has 1 unspecified atom stereocenters. The molecule has 112 valence electrons. The number of aromatic nitrogens is 1. The largest absolute Gasteiger partial charge is 0.377 e. The zero-order valence-corrected chi connectivity index (χ0v) is 13.7. The molecule has 0 fully saturated rings. The highest BCUT2D eigenvalue weighted by atomic mass is 79.9. The minimum absolute atomic E-state index is 0.00184. The van der Waals surface area contributed by atoms with Gasteiger partial charge in [0, 0.05) is 29.3 Å². The molecule has 0 aliphatic heterocycles. The van der Waals surface area contributed by atoms with Crippen LogP contribution < -0.4 is 10.9 Å². The SMILES string of the molecule is CCCn1cc(NC(C)c2ccc(F)cc2Br)ccc1=O. The first-order chi connectivity index (χ1) is 10.0. The van der Waals surface area contributed by atoms with E-state index in [0.29, 0.717) is 6.54 Å². The molecule has 0 saturated heterocycles. The zero-order chi connectivity index (χ0) is 15.4. The summed E-state index contributed by atoms with van der Waals surface area (Å²) < 4.78 is 15.5. The van der Waals surface area contributed by atoms with E-state index in [0.717, 1.165) is 22.1 Å². The Morgan fingerprint density at radius 3 is 2.76 bits per heavy atom. The maximum absolute atomic E-state index is 13.1. The fraction of sp³-hybridized carbons (Fsp3) is 0.312. The van der Waals surface area contributed by atoms with E-state index in [2.05, 4.69) is 21.2 Å². The van der Waals surface area contributed by atoms with E-state index < -0.39 is 0 Å². The first-order valence-electron chi connectivity index (χ1n) is 6.93. The van der Waals surface area contributed by atoms with Gasteiger partial charge in [-0.05, 0) is 37.1 Å². The normalized spacial score (nSPS) is 12.2. The van der Waals surface area contributed by atoms with Crippen LogP contribution in [0, 0.1) is 5.82 Å². The molecule has 3 nitrogen and oxygen atoms in total. The fourth-order valence-corrected chi connectivity index (χ4v) is 2.91. The predicted molar refractivity (Wildman–Crippen MR) is 87.1 cm³/mol. The Morgan fingerprint density at radius 2 is 2.10 bits per heavy atom. The minimum atomic E-state index is -0.269. The minimum Gasteiger partial charge on any atom is -0.377 e. The number of hydrogen-bond acceptors (Lipinski definition) is 2. The molecular formula is C16H18BrFN2O. The van der Waals surface area contributed by atoms with Gasteiger partial charge in [0.05, 0.1) is 5.69 Å². The van der Waals surface area contributed by atoms with Crippen LogP contribution in [-0.2, 0) is 6.54 Å². The van der Waals surface area contributed by atoms with Gasteiger partial charge in [-0.15, -0.1) is 0 Å². The molecule has 0 spiro atoms. The molecule has 1 aromatic heterocycles. The second-order valence-corrected chi connectivity index (χ2v) is 5.84. The summed E-state index contributed by atoms with van der Waals surface area (Å²) in [6.45, 7) is 4.72. The molecule has 0 aliphatic rings. The maximum atomic E-state index is 13.1. The molecule has 1 atom stereocenters. The van der Waals surface area contributed by atoms with E-state index in [-0.39, 0.29) is 17.4 Å². The van der Waals surface area contributed by atoms with Crippen molar-refractivity contribution in [3.05, 3.63) is 62.7 Å². The van der Waals surface area contributed by atoms with Crippen LogP contribution in [0.25, 0.3) is 0 Å². The van der Waals surface area contributed by atoms with Crippen LogP contribution in [0.3, 0.4) is 0 Å². The van der Waals surface area contributed by atoms with Crippen molar-refractivity contribution in [3.63, 3.8) is 0 Å². The van der Waals surface area contributed by atoms with Gasteiger partial charge in [-0.25, -0.2) is 4.39 Å². The fourth-order valence-electron chi connectivity index (χ4n) is 2.21. The Bertz CT molecular complexity index is 684. The second-order valence-electron chi connectivity index (χ2n) is 4.98. The van der Waals surface area contributed by atoms with Crippen LogP contribution in [0.2, 0.25) is 0 Å². The summed E-state index contributed by atoms with van der Waals surface area (Å²) in [5, 5.41) is 3.33. The van der Waals surface area contributed by atoms with Crippen LogP contribution in [0.15, 0.2) is 45.8 Å². The van der Waals surface area contributed by atoms with E-state index >= 15 is 0 Å². The third-order valence-corrected chi connectivity index (χ3v) is 3.95. The van der Waals surface area contributed by atoms with Gasteiger partial charge in [-0.3, -0.25) is 4.79 Å². The van der Waals surface area contributed by atoms with Crippen molar-refractivity contribution in [2.45, 2.75) is 32.9 Å². The lowest BCUT2D eigenvalue weighted by atomic mass is 10.1. The second kappa shape index (κ2) is 6.89. The molecule has 2 aromatic rings. The predicted octanol–water partition coefficient (Wildman–Crippen LogP) is 4.33. The van der Waals surface area contributed by atoms with Gasteiger partial charge < -0.3 is 9.88 Å². The third kappa shape index (κ3) is 3.94. The summed E-state index contributed by atoms with van der Waals surface area (Å²) >= 11 is 3.38. The molecule has 5 heteroatoms. The quantitative estimate of drug-likeness (QED) is 0.868. The molecule has 1 heterocycles. The molecule has 0 radical (unpaired) electrons. The molecule has 0 amide bonds. The van der Waals surface area contributed by atoms with E-state index in [1.807, 2.05) is 20.0 Å². The van der Waals surface area contributed by atoms with Crippen molar-refractivity contribution in [3.8, 4) is 0 Å². The lowest BCUT2D eigenvalue weighted by Gasteiger charge is -2.18. The standard InChI is InChI=1S/C16H18BrFN2O/c1-3-8-20-10-13(5-7-16(20)21)19-11(2)14-6-4-12(18)9-15(14)17/h4-7,9-11,19H,3,8H2,1-2H3. The van der Waals surface area contributed by atoms with Gasteiger partial charge in [0.1, 0.15) is 5.82 Å². The average Bonchev–Trinajstić information content (AvgIpc) is 2.42. The Kier molecular flexibility index (Phi) is 5.17. The van der Waals surface area contributed by atoms with Gasteiger partial charge in [-0.2, -0.15) is 0 Å². The molecule has 2 rings (SSSR count). The molecular weight excluding hydrogens is 335 g/mol. The van der Waals surface area contributed by atoms with Gasteiger partial charge >= 0.3 is 0 Å². The van der Waals surface area contributed by atoms with E-state index in [1.165, 1.54) is 12.1 Å². The van der Waals surface area contributed by atoms with Crippen molar-refractivity contribution in [1.82, 2.24) is 4.57 Å². The highest BCUT2D eigenvalue weighted by Crippen LogP contribution is 2.26.